The molecule has 1 saturated carbocycles. The SMILES string of the molecule is O=C(C1CC(F)C1)N1C2CCC1CN(c1ncnn3cc(-c4cnn(C(F)F)c4)cc13)C2. The summed E-state index contributed by atoms with van der Waals surface area (Å²) in [5, 5.41) is 7.98. The Morgan fingerprint density at radius 3 is 2.47 bits per heavy atom. The van der Waals surface area contributed by atoms with E-state index in [9.17, 15) is 18.0 Å². The van der Waals surface area contributed by atoms with Gasteiger partial charge in [0.05, 0.1) is 6.20 Å². The second kappa shape index (κ2) is 7.21. The average molecular weight is 445 g/mol. The van der Waals surface area contributed by atoms with E-state index in [0.717, 1.165) is 29.7 Å². The zero-order valence-electron chi connectivity index (χ0n) is 17.2. The maximum atomic E-state index is 13.3. The monoisotopic (exact) mass is 445 g/mol. The smallest absolute Gasteiger partial charge is 0.333 e. The van der Waals surface area contributed by atoms with Crippen LogP contribution in [0.25, 0.3) is 16.6 Å². The summed E-state index contributed by atoms with van der Waals surface area (Å²) in [5.41, 5.74) is 2.07. The lowest BCUT2D eigenvalue weighted by Crippen LogP contribution is -2.58. The minimum atomic E-state index is -2.69. The first-order valence-corrected chi connectivity index (χ1v) is 10.8. The third-order valence-electron chi connectivity index (χ3n) is 6.99. The molecule has 3 fully saturated rings. The Hall–Kier alpha value is -3.11. The van der Waals surface area contributed by atoms with Crippen LogP contribution in [0.15, 0.2) is 31.0 Å². The van der Waals surface area contributed by atoms with Gasteiger partial charge in [0.1, 0.15) is 18.0 Å². The molecule has 0 spiro atoms. The molecule has 5 heterocycles. The summed E-state index contributed by atoms with van der Waals surface area (Å²) < 4.78 is 41.3. The highest BCUT2D eigenvalue weighted by Crippen LogP contribution is 2.39. The van der Waals surface area contributed by atoms with E-state index in [0.29, 0.717) is 36.2 Å². The van der Waals surface area contributed by atoms with Crippen molar-refractivity contribution in [1.82, 2.24) is 29.3 Å². The van der Waals surface area contributed by atoms with E-state index in [1.54, 1.807) is 10.7 Å². The molecule has 2 atom stereocenters. The minimum Gasteiger partial charge on any atom is -0.351 e. The van der Waals surface area contributed by atoms with Crippen molar-refractivity contribution >= 4 is 17.2 Å². The molecule has 0 radical (unpaired) electrons. The van der Waals surface area contributed by atoms with Gasteiger partial charge < -0.3 is 9.80 Å². The van der Waals surface area contributed by atoms with Crippen LogP contribution in [0.4, 0.5) is 19.0 Å². The lowest BCUT2D eigenvalue weighted by molar-refractivity contribution is -0.144. The Kier molecular flexibility index (Phi) is 4.41. The molecular weight excluding hydrogens is 423 g/mol. The van der Waals surface area contributed by atoms with Gasteiger partial charge in [-0.2, -0.15) is 19.0 Å². The number of fused-ring (bicyclic) bond motifs is 3. The van der Waals surface area contributed by atoms with Gasteiger partial charge in [-0.05, 0) is 31.7 Å². The van der Waals surface area contributed by atoms with Gasteiger partial charge >= 0.3 is 6.55 Å². The summed E-state index contributed by atoms with van der Waals surface area (Å²) >= 11 is 0. The maximum absolute atomic E-state index is 13.3. The minimum absolute atomic E-state index is 0.0913. The molecule has 11 heteroatoms. The molecule has 8 nitrogen and oxygen atoms in total. The fourth-order valence-electron chi connectivity index (χ4n) is 5.31. The summed E-state index contributed by atoms with van der Waals surface area (Å²) in [4.78, 5) is 21.6. The molecule has 2 aliphatic heterocycles. The van der Waals surface area contributed by atoms with Gasteiger partial charge in [-0.25, -0.2) is 18.6 Å². The Morgan fingerprint density at radius 2 is 1.81 bits per heavy atom. The van der Waals surface area contributed by atoms with E-state index in [1.165, 1.54) is 18.7 Å². The number of aromatic nitrogens is 5. The Labute approximate surface area is 181 Å². The predicted molar refractivity (Wildman–Crippen MR) is 109 cm³/mol. The van der Waals surface area contributed by atoms with Crippen molar-refractivity contribution in [3.8, 4) is 11.1 Å². The molecule has 0 aromatic carbocycles. The molecule has 168 valence electrons. The number of anilines is 1. The normalized spacial score (nSPS) is 27.4. The van der Waals surface area contributed by atoms with Crippen LogP contribution in [0, 0.1) is 5.92 Å². The van der Waals surface area contributed by atoms with Crippen molar-refractivity contribution in [2.24, 2.45) is 5.92 Å². The van der Waals surface area contributed by atoms with Crippen molar-refractivity contribution in [1.29, 1.82) is 0 Å². The lowest BCUT2D eigenvalue weighted by atomic mass is 9.82. The molecule has 6 rings (SSSR count). The highest BCUT2D eigenvalue weighted by molar-refractivity contribution is 5.82. The fourth-order valence-corrected chi connectivity index (χ4v) is 5.31. The summed E-state index contributed by atoms with van der Waals surface area (Å²) in [6, 6.07) is 2.06. The molecule has 3 aliphatic rings. The van der Waals surface area contributed by atoms with Crippen LogP contribution < -0.4 is 4.90 Å². The van der Waals surface area contributed by atoms with Crippen molar-refractivity contribution < 1.29 is 18.0 Å². The molecule has 2 unspecified atom stereocenters. The van der Waals surface area contributed by atoms with Crippen LogP contribution >= 0.6 is 0 Å². The summed E-state index contributed by atoms with van der Waals surface area (Å²) in [6.45, 7) is -1.38. The first kappa shape index (κ1) is 19.6. The second-order valence-corrected chi connectivity index (χ2v) is 8.93. The average Bonchev–Trinajstić information content (AvgIpc) is 3.46. The maximum Gasteiger partial charge on any atom is 0.333 e. The van der Waals surface area contributed by atoms with Crippen LogP contribution in [0.5, 0.6) is 0 Å². The van der Waals surface area contributed by atoms with Gasteiger partial charge in [0.2, 0.25) is 5.91 Å². The van der Waals surface area contributed by atoms with Crippen LogP contribution in [0.3, 0.4) is 0 Å². The number of carbonyl (C=O) groups is 1. The molecule has 1 amide bonds. The Morgan fingerprint density at radius 1 is 1.06 bits per heavy atom. The molecule has 2 bridgehead atoms. The van der Waals surface area contributed by atoms with Crippen LogP contribution in [-0.2, 0) is 4.79 Å². The number of hydrogen-bond acceptors (Lipinski definition) is 5. The largest absolute Gasteiger partial charge is 0.351 e. The van der Waals surface area contributed by atoms with E-state index in [4.69, 9.17) is 0 Å². The molecular formula is C21H22F3N7O. The number of nitrogens with zero attached hydrogens (tertiary/aromatic N) is 7. The highest BCUT2D eigenvalue weighted by atomic mass is 19.3. The topological polar surface area (TPSA) is 71.6 Å². The quantitative estimate of drug-likeness (QED) is 0.618. The fraction of sp³-hybridized carbons (Fsp3) is 0.524. The number of carbonyl (C=O) groups excluding carboxylic acids is 1. The first-order chi connectivity index (χ1) is 15.5. The third-order valence-corrected chi connectivity index (χ3v) is 6.99. The van der Waals surface area contributed by atoms with E-state index >= 15 is 0 Å². The number of rotatable bonds is 4. The summed E-state index contributed by atoms with van der Waals surface area (Å²) in [6.07, 6.45) is 7.67. The standard InChI is InChI=1S/C21H22F3N7O/c22-15-3-12(4-15)20(32)31-16-1-2-17(31)10-28(9-16)19-18-5-13(7-29(18)27-11-25-19)14-6-26-30(8-14)21(23)24/h5-8,11-12,15-17,21H,1-4,9-10H2. The Balaban J connectivity index is 1.27. The van der Waals surface area contributed by atoms with Crippen LogP contribution in [0.2, 0.25) is 0 Å². The Bertz CT molecular complexity index is 1160. The number of amides is 1. The lowest BCUT2D eigenvalue weighted by Gasteiger charge is -2.44. The van der Waals surface area contributed by atoms with E-state index < -0.39 is 12.7 Å². The molecule has 32 heavy (non-hydrogen) atoms. The molecule has 2 saturated heterocycles. The van der Waals surface area contributed by atoms with E-state index in [1.807, 2.05) is 11.0 Å². The van der Waals surface area contributed by atoms with Gasteiger partial charge in [-0.3, -0.25) is 4.79 Å². The first-order valence-electron chi connectivity index (χ1n) is 10.8. The van der Waals surface area contributed by atoms with Crippen molar-refractivity contribution in [2.75, 3.05) is 18.0 Å². The number of piperazine rings is 1. The number of halogens is 3. The zero-order valence-corrected chi connectivity index (χ0v) is 17.2. The molecule has 3 aromatic rings. The molecule has 0 N–H and O–H groups in total. The van der Waals surface area contributed by atoms with Gasteiger partial charge in [0.15, 0.2) is 5.82 Å². The van der Waals surface area contributed by atoms with Gasteiger partial charge in [0, 0.05) is 54.6 Å². The van der Waals surface area contributed by atoms with E-state index in [-0.39, 0.29) is 23.9 Å². The van der Waals surface area contributed by atoms with Gasteiger partial charge in [0.25, 0.3) is 0 Å². The summed E-state index contributed by atoms with van der Waals surface area (Å²) in [7, 11) is 0. The second-order valence-electron chi connectivity index (χ2n) is 8.93. The highest BCUT2D eigenvalue weighted by Gasteiger charge is 2.47. The van der Waals surface area contributed by atoms with E-state index in [2.05, 4.69) is 20.1 Å². The van der Waals surface area contributed by atoms with Crippen molar-refractivity contribution in [3.05, 3.63) is 31.0 Å². The molecule has 3 aromatic heterocycles. The van der Waals surface area contributed by atoms with Crippen LogP contribution in [-0.4, -0.2) is 66.5 Å². The van der Waals surface area contributed by atoms with Crippen molar-refractivity contribution in [2.45, 2.75) is 50.5 Å². The number of alkyl halides is 3. The third kappa shape index (κ3) is 3.05. The zero-order chi connectivity index (χ0) is 22.0. The number of hydrogen-bond donors (Lipinski definition) is 0. The summed E-state index contributed by atoms with van der Waals surface area (Å²) in [5.74, 6) is 0.677. The van der Waals surface area contributed by atoms with Gasteiger partial charge in [-0.1, -0.05) is 0 Å². The van der Waals surface area contributed by atoms with Crippen LogP contribution in [0.1, 0.15) is 32.2 Å². The van der Waals surface area contributed by atoms with Crippen molar-refractivity contribution in [3.63, 3.8) is 0 Å². The molecule has 1 aliphatic carbocycles. The predicted octanol–water partition coefficient (Wildman–Crippen LogP) is 2.92. The van der Waals surface area contributed by atoms with Gasteiger partial charge in [-0.15, -0.1) is 0 Å².